The molecular formula is C19H31N4O4S+. The Morgan fingerprint density at radius 3 is 2.50 bits per heavy atom. The van der Waals surface area contributed by atoms with Gasteiger partial charge < -0.3 is 15.5 Å². The molecule has 0 aromatic heterocycles. The number of hydrogen-bond acceptors (Lipinski definition) is 4. The van der Waals surface area contributed by atoms with Gasteiger partial charge in [-0.3, -0.25) is 9.59 Å². The molecule has 1 aliphatic rings. The van der Waals surface area contributed by atoms with Crippen LogP contribution in [0.25, 0.3) is 0 Å². The van der Waals surface area contributed by atoms with Gasteiger partial charge in [0.05, 0.1) is 31.1 Å². The predicted molar refractivity (Wildman–Crippen MR) is 107 cm³/mol. The molecule has 1 aromatic carbocycles. The second kappa shape index (κ2) is 9.99. The molecule has 0 unspecified atom stereocenters. The zero-order chi connectivity index (χ0) is 20.7. The van der Waals surface area contributed by atoms with Gasteiger partial charge in [0.15, 0.2) is 0 Å². The summed E-state index contributed by atoms with van der Waals surface area (Å²) in [6, 6.07) is 5.94. The van der Waals surface area contributed by atoms with Crippen molar-refractivity contribution in [2.75, 3.05) is 40.3 Å². The summed E-state index contributed by atoms with van der Waals surface area (Å²) in [7, 11) is -0.758. The lowest BCUT2D eigenvalue weighted by Crippen LogP contribution is -3.13. The third kappa shape index (κ3) is 6.02. The number of carbonyl (C=O) groups is 2. The number of nitrogens with zero attached hydrogens (tertiary/aromatic N) is 1. The lowest BCUT2D eigenvalue weighted by Gasteiger charge is -2.29. The molecule has 9 heteroatoms. The van der Waals surface area contributed by atoms with E-state index in [2.05, 4.69) is 17.6 Å². The van der Waals surface area contributed by atoms with E-state index in [0.29, 0.717) is 0 Å². The number of piperidine rings is 1. The van der Waals surface area contributed by atoms with Crippen molar-refractivity contribution in [3.8, 4) is 0 Å². The average Bonchev–Trinajstić information content (AvgIpc) is 2.68. The van der Waals surface area contributed by atoms with Crippen LogP contribution in [0.2, 0.25) is 0 Å². The summed E-state index contributed by atoms with van der Waals surface area (Å²) in [6.07, 6.45) is 3.05. The minimum atomic E-state index is -3.62. The van der Waals surface area contributed by atoms with Crippen LogP contribution in [0.1, 0.15) is 36.5 Å². The van der Waals surface area contributed by atoms with Gasteiger partial charge in [0, 0.05) is 38.5 Å². The summed E-state index contributed by atoms with van der Waals surface area (Å²) >= 11 is 0. The second-order valence-corrected chi connectivity index (χ2v) is 9.49. The molecule has 8 nitrogen and oxygen atoms in total. The molecule has 0 spiro atoms. The van der Waals surface area contributed by atoms with E-state index < -0.39 is 15.9 Å². The van der Waals surface area contributed by atoms with Gasteiger partial charge >= 0.3 is 0 Å². The first-order chi connectivity index (χ1) is 13.2. The SMILES string of the molecule is CCC[NH+]1CCC(NC(=O)CNC(=O)c2cccc(S(=O)(=O)N(C)C)c2)CC1. The second-order valence-electron chi connectivity index (χ2n) is 7.34. The number of nitrogens with one attached hydrogen (secondary N) is 3. The maximum atomic E-state index is 12.3. The van der Waals surface area contributed by atoms with Crippen LogP contribution >= 0.6 is 0 Å². The molecule has 0 radical (unpaired) electrons. The van der Waals surface area contributed by atoms with E-state index in [4.69, 9.17) is 0 Å². The molecule has 28 heavy (non-hydrogen) atoms. The Morgan fingerprint density at radius 1 is 1.21 bits per heavy atom. The third-order valence-corrected chi connectivity index (χ3v) is 6.76. The highest BCUT2D eigenvalue weighted by atomic mass is 32.2. The normalized spacial score (nSPS) is 20.0. The minimum absolute atomic E-state index is 0.0379. The summed E-state index contributed by atoms with van der Waals surface area (Å²) < 4.78 is 25.5. The molecule has 0 bridgehead atoms. The van der Waals surface area contributed by atoms with Gasteiger partial charge in [-0.05, 0) is 24.6 Å². The first-order valence-corrected chi connectivity index (χ1v) is 11.1. The van der Waals surface area contributed by atoms with Gasteiger partial charge in [0.2, 0.25) is 15.9 Å². The fourth-order valence-corrected chi connectivity index (χ4v) is 4.27. The highest BCUT2D eigenvalue weighted by Crippen LogP contribution is 2.14. The van der Waals surface area contributed by atoms with Crippen LogP contribution in [0.3, 0.4) is 0 Å². The summed E-state index contributed by atoms with van der Waals surface area (Å²) in [5.74, 6) is -0.706. The monoisotopic (exact) mass is 411 g/mol. The predicted octanol–water partition coefficient (Wildman–Crippen LogP) is -0.760. The number of benzene rings is 1. The van der Waals surface area contributed by atoms with Crippen LogP contribution in [-0.4, -0.2) is 70.9 Å². The number of hydrogen-bond donors (Lipinski definition) is 3. The van der Waals surface area contributed by atoms with Gasteiger partial charge in [0.25, 0.3) is 5.91 Å². The van der Waals surface area contributed by atoms with Crippen LogP contribution < -0.4 is 15.5 Å². The summed E-state index contributed by atoms with van der Waals surface area (Å²) in [6.45, 7) is 5.32. The van der Waals surface area contributed by atoms with Crippen molar-refractivity contribution >= 4 is 21.8 Å². The number of quaternary nitrogens is 1. The van der Waals surface area contributed by atoms with Gasteiger partial charge in [-0.15, -0.1) is 0 Å². The highest BCUT2D eigenvalue weighted by Gasteiger charge is 2.23. The van der Waals surface area contributed by atoms with E-state index in [-0.39, 0.29) is 29.0 Å². The maximum Gasteiger partial charge on any atom is 0.251 e. The van der Waals surface area contributed by atoms with Crippen molar-refractivity contribution in [2.45, 2.75) is 37.1 Å². The quantitative estimate of drug-likeness (QED) is 0.524. The minimum Gasteiger partial charge on any atom is -0.351 e. The van der Waals surface area contributed by atoms with Crippen molar-refractivity contribution < 1.29 is 22.9 Å². The Kier molecular flexibility index (Phi) is 7.97. The lowest BCUT2D eigenvalue weighted by molar-refractivity contribution is -0.905. The molecule has 1 saturated heterocycles. The Hall–Kier alpha value is -1.97. The maximum absolute atomic E-state index is 12.3. The third-order valence-electron chi connectivity index (χ3n) is 4.95. The molecule has 1 aromatic rings. The molecule has 1 heterocycles. The molecule has 1 fully saturated rings. The zero-order valence-corrected chi connectivity index (χ0v) is 17.6. The van der Waals surface area contributed by atoms with E-state index in [1.54, 1.807) is 4.90 Å². The Bertz CT molecular complexity index is 787. The van der Waals surface area contributed by atoms with Gasteiger partial charge in [-0.2, -0.15) is 0 Å². The molecule has 1 aliphatic heterocycles. The molecule has 0 aliphatic carbocycles. The van der Waals surface area contributed by atoms with Gasteiger partial charge in [-0.1, -0.05) is 13.0 Å². The summed E-state index contributed by atoms with van der Waals surface area (Å²) in [5, 5.41) is 5.53. The van der Waals surface area contributed by atoms with Crippen LogP contribution in [0, 0.1) is 0 Å². The largest absolute Gasteiger partial charge is 0.351 e. The number of sulfonamides is 1. The Balaban J connectivity index is 1.85. The summed E-state index contributed by atoms with van der Waals surface area (Å²) in [4.78, 5) is 26.1. The average molecular weight is 412 g/mol. The fourth-order valence-electron chi connectivity index (χ4n) is 3.32. The van der Waals surface area contributed by atoms with Gasteiger partial charge in [0.1, 0.15) is 0 Å². The summed E-state index contributed by atoms with van der Waals surface area (Å²) in [5.41, 5.74) is 0.201. The van der Waals surface area contributed by atoms with Crippen molar-refractivity contribution in [2.24, 2.45) is 0 Å². The Labute approximate surface area is 167 Å². The molecule has 0 saturated carbocycles. The fraction of sp³-hybridized carbons (Fsp3) is 0.579. The van der Waals surface area contributed by atoms with Crippen LogP contribution in [-0.2, 0) is 14.8 Å². The van der Waals surface area contributed by atoms with Gasteiger partial charge in [-0.25, -0.2) is 12.7 Å². The van der Waals surface area contributed by atoms with Crippen molar-refractivity contribution in [3.05, 3.63) is 29.8 Å². The van der Waals surface area contributed by atoms with E-state index in [9.17, 15) is 18.0 Å². The van der Waals surface area contributed by atoms with Crippen LogP contribution in [0.15, 0.2) is 29.2 Å². The number of rotatable bonds is 8. The Morgan fingerprint density at radius 2 is 1.89 bits per heavy atom. The zero-order valence-electron chi connectivity index (χ0n) is 16.8. The highest BCUT2D eigenvalue weighted by molar-refractivity contribution is 7.89. The number of amides is 2. The molecule has 0 atom stereocenters. The topological polar surface area (TPSA) is 100 Å². The van der Waals surface area contributed by atoms with E-state index in [1.807, 2.05) is 0 Å². The van der Waals surface area contributed by atoms with E-state index in [0.717, 1.165) is 36.7 Å². The first-order valence-electron chi connectivity index (χ1n) is 9.67. The molecule has 3 N–H and O–H groups in total. The smallest absolute Gasteiger partial charge is 0.251 e. The molecule has 2 amide bonds. The molecule has 156 valence electrons. The molecular weight excluding hydrogens is 380 g/mol. The lowest BCUT2D eigenvalue weighted by atomic mass is 10.0. The van der Waals surface area contributed by atoms with Crippen molar-refractivity contribution in [3.63, 3.8) is 0 Å². The van der Waals surface area contributed by atoms with Crippen molar-refractivity contribution in [1.82, 2.24) is 14.9 Å². The van der Waals surface area contributed by atoms with E-state index in [1.165, 1.54) is 44.9 Å². The van der Waals surface area contributed by atoms with Crippen LogP contribution in [0.4, 0.5) is 0 Å². The standard InChI is InChI=1S/C19H30N4O4S/c1-4-10-23-11-8-16(9-12-23)21-18(24)14-20-19(25)15-6-5-7-17(13-15)28(26,27)22(2)3/h5-7,13,16H,4,8-12,14H2,1-3H3,(H,20,25)(H,21,24)/p+1. The number of likely N-dealkylation sites (tertiary alicyclic amines) is 1. The first kappa shape index (κ1) is 22.3. The van der Waals surface area contributed by atoms with Crippen LogP contribution in [0.5, 0.6) is 0 Å². The van der Waals surface area contributed by atoms with Crippen molar-refractivity contribution in [1.29, 1.82) is 0 Å². The number of carbonyl (C=O) groups excluding carboxylic acids is 2. The molecule has 2 rings (SSSR count). The van der Waals surface area contributed by atoms with E-state index >= 15 is 0 Å².